The molecule has 0 saturated carbocycles. The number of hydrogen-bond donors (Lipinski definition) is 1. The van der Waals surface area contributed by atoms with E-state index in [2.05, 4.69) is 42.2 Å². The molecule has 0 amide bonds. The van der Waals surface area contributed by atoms with Crippen LogP contribution in [-0.4, -0.2) is 4.98 Å². The normalized spacial score (nSPS) is 11.0. The highest BCUT2D eigenvalue weighted by atomic mass is 32.2. The number of nitrogen functional groups attached to an aromatic ring is 1. The second kappa shape index (κ2) is 5.78. The first-order valence-electron chi connectivity index (χ1n) is 6.97. The molecule has 1 heterocycles. The average Bonchev–Trinajstić information content (AvgIpc) is 2.45. The van der Waals surface area contributed by atoms with E-state index in [-0.39, 0.29) is 0 Å². The molecule has 0 fully saturated rings. The van der Waals surface area contributed by atoms with E-state index in [0.29, 0.717) is 0 Å². The third kappa shape index (κ3) is 3.19. The Balaban J connectivity index is 1.94. The minimum Gasteiger partial charge on any atom is -0.399 e. The maximum absolute atomic E-state index is 5.92. The highest BCUT2D eigenvalue weighted by Crippen LogP contribution is 2.31. The van der Waals surface area contributed by atoms with Gasteiger partial charge in [0.15, 0.2) is 0 Å². The van der Waals surface area contributed by atoms with Crippen molar-refractivity contribution >= 4 is 28.4 Å². The van der Waals surface area contributed by atoms with Crippen LogP contribution in [0.1, 0.15) is 16.8 Å². The lowest BCUT2D eigenvalue weighted by Crippen LogP contribution is -1.90. The minimum absolute atomic E-state index is 0.783. The minimum atomic E-state index is 0.783. The predicted molar refractivity (Wildman–Crippen MR) is 91.6 cm³/mol. The highest BCUT2D eigenvalue weighted by molar-refractivity contribution is 7.98. The Hall–Kier alpha value is -2.00. The van der Waals surface area contributed by atoms with Gasteiger partial charge in [-0.3, -0.25) is 4.98 Å². The van der Waals surface area contributed by atoms with Crippen molar-refractivity contribution in [3.05, 3.63) is 65.4 Å². The predicted octanol–water partition coefficient (Wildman–Crippen LogP) is 4.73. The van der Waals surface area contributed by atoms with Gasteiger partial charge in [-0.2, -0.15) is 0 Å². The summed E-state index contributed by atoms with van der Waals surface area (Å²) in [6.45, 7) is 4.16. The summed E-state index contributed by atoms with van der Waals surface area (Å²) in [7, 11) is 0. The Morgan fingerprint density at radius 2 is 1.90 bits per heavy atom. The van der Waals surface area contributed by atoms with Crippen LogP contribution in [0.25, 0.3) is 10.9 Å². The Kier molecular flexibility index (Phi) is 3.84. The summed E-state index contributed by atoms with van der Waals surface area (Å²) in [5.41, 5.74) is 11.4. The summed E-state index contributed by atoms with van der Waals surface area (Å²) in [5.74, 6) is 0.953. The van der Waals surface area contributed by atoms with Gasteiger partial charge in [-0.05, 0) is 43.7 Å². The van der Waals surface area contributed by atoms with Crippen LogP contribution < -0.4 is 5.73 Å². The molecule has 3 heteroatoms. The summed E-state index contributed by atoms with van der Waals surface area (Å²) in [4.78, 5) is 5.82. The Morgan fingerprint density at radius 1 is 1.05 bits per heavy atom. The van der Waals surface area contributed by atoms with Crippen LogP contribution in [0.2, 0.25) is 0 Å². The lowest BCUT2D eigenvalue weighted by molar-refractivity contribution is 1.22. The van der Waals surface area contributed by atoms with Gasteiger partial charge in [-0.25, -0.2) is 0 Å². The molecule has 3 rings (SSSR count). The molecule has 0 radical (unpaired) electrons. The number of aryl methyl sites for hydroxylation is 2. The number of hydrogen-bond acceptors (Lipinski definition) is 3. The van der Waals surface area contributed by atoms with E-state index in [4.69, 9.17) is 5.73 Å². The number of thioether (sulfide) groups is 1. The first-order valence-corrected chi connectivity index (χ1v) is 7.95. The van der Waals surface area contributed by atoms with Gasteiger partial charge in [0.2, 0.25) is 0 Å². The lowest BCUT2D eigenvalue weighted by Gasteiger charge is -2.09. The summed E-state index contributed by atoms with van der Waals surface area (Å²) in [6.07, 6.45) is 0. The van der Waals surface area contributed by atoms with Crippen LogP contribution >= 0.6 is 11.8 Å². The van der Waals surface area contributed by atoms with Crippen LogP contribution in [-0.2, 0) is 5.75 Å². The number of anilines is 1. The number of pyridine rings is 1. The van der Waals surface area contributed by atoms with E-state index >= 15 is 0 Å². The number of rotatable bonds is 3. The van der Waals surface area contributed by atoms with Gasteiger partial charge in [0.1, 0.15) is 0 Å². The number of fused-ring (bicyclic) bond motifs is 1. The maximum atomic E-state index is 5.92. The quantitative estimate of drug-likeness (QED) is 0.561. The molecule has 0 saturated heterocycles. The number of benzene rings is 2. The molecule has 106 valence electrons. The summed E-state index contributed by atoms with van der Waals surface area (Å²) in [5, 5.41) is 1.14. The van der Waals surface area contributed by atoms with Crippen molar-refractivity contribution in [2.24, 2.45) is 0 Å². The molecule has 0 spiro atoms. The molecular formula is C18H18N2S. The fourth-order valence-corrected chi connectivity index (χ4v) is 3.50. The Bertz CT molecular complexity index is 796. The van der Waals surface area contributed by atoms with E-state index in [0.717, 1.165) is 28.0 Å². The van der Waals surface area contributed by atoms with E-state index in [1.165, 1.54) is 16.0 Å². The largest absolute Gasteiger partial charge is 0.399 e. The second-order valence-electron chi connectivity index (χ2n) is 5.32. The van der Waals surface area contributed by atoms with Crippen molar-refractivity contribution in [3.63, 3.8) is 0 Å². The monoisotopic (exact) mass is 294 g/mol. The molecule has 2 aromatic carbocycles. The van der Waals surface area contributed by atoms with Crippen molar-refractivity contribution < 1.29 is 0 Å². The third-order valence-electron chi connectivity index (χ3n) is 3.40. The second-order valence-corrected chi connectivity index (χ2v) is 6.33. The molecule has 2 nitrogen and oxygen atoms in total. The zero-order valence-electron chi connectivity index (χ0n) is 12.3. The van der Waals surface area contributed by atoms with Crippen LogP contribution in [0.4, 0.5) is 5.69 Å². The molecule has 0 aliphatic rings. The highest BCUT2D eigenvalue weighted by Gasteiger charge is 2.06. The average molecular weight is 294 g/mol. The van der Waals surface area contributed by atoms with Gasteiger partial charge in [0.05, 0.1) is 5.52 Å². The van der Waals surface area contributed by atoms with Gasteiger partial charge in [-0.1, -0.05) is 29.8 Å². The van der Waals surface area contributed by atoms with Crippen molar-refractivity contribution in [2.45, 2.75) is 24.5 Å². The van der Waals surface area contributed by atoms with Gasteiger partial charge in [-0.15, -0.1) is 11.8 Å². The van der Waals surface area contributed by atoms with E-state index < -0.39 is 0 Å². The first-order chi connectivity index (χ1) is 10.1. The van der Waals surface area contributed by atoms with Crippen LogP contribution in [0, 0.1) is 13.8 Å². The van der Waals surface area contributed by atoms with Crippen LogP contribution in [0.5, 0.6) is 0 Å². The summed E-state index contributed by atoms with van der Waals surface area (Å²) >= 11 is 1.84. The fourth-order valence-electron chi connectivity index (χ4n) is 2.42. The first kappa shape index (κ1) is 14.0. The van der Waals surface area contributed by atoms with E-state index in [1.54, 1.807) is 0 Å². The van der Waals surface area contributed by atoms with Crippen LogP contribution in [0.3, 0.4) is 0 Å². The molecule has 1 aromatic heterocycles. The Labute approximate surface area is 129 Å². The van der Waals surface area contributed by atoms with Crippen molar-refractivity contribution in [3.8, 4) is 0 Å². The van der Waals surface area contributed by atoms with Gasteiger partial charge < -0.3 is 5.73 Å². The van der Waals surface area contributed by atoms with Crippen molar-refractivity contribution in [1.82, 2.24) is 4.98 Å². The zero-order valence-corrected chi connectivity index (χ0v) is 13.1. The molecular weight excluding hydrogens is 276 g/mol. The molecule has 0 unspecified atom stereocenters. The van der Waals surface area contributed by atoms with Gasteiger partial charge >= 0.3 is 0 Å². The number of nitrogens with two attached hydrogens (primary N) is 1. The van der Waals surface area contributed by atoms with E-state index in [9.17, 15) is 0 Å². The van der Waals surface area contributed by atoms with Crippen molar-refractivity contribution in [1.29, 1.82) is 0 Å². The summed E-state index contributed by atoms with van der Waals surface area (Å²) < 4.78 is 0. The molecule has 0 atom stereocenters. The number of aromatic nitrogens is 1. The Morgan fingerprint density at radius 3 is 2.71 bits per heavy atom. The van der Waals surface area contributed by atoms with E-state index in [1.807, 2.05) is 36.9 Å². The summed E-state index contributed by atoms with van der Waals surface area (Å²) in [6, 6.07) is 16.7. The molecule has 0 bridgehead atoms. The standard InChI is InChI=1S/C18H18N2S/c1-12-4-3-5-14(8-12)11-21-18-9-13(2)20-17-7-6-15(19)10-16(17)18/h3-10H,11,19H2,1-2H3. The zero-order chi connectivity index (χ0) is 14.8. The van der Waals surface area contributed by atoms with Gasteiger partial charge in [0.25, 0.3) is 0 Å². The fraction of sp³-hybridized carbons (Fsp3) is 0.167. The van der Waals surface area contributed by atoms with Crippen molar-refractivity contribution in [2.75, 3.05) is 5.73 Å². The molecule has 21 heavy (non-hydrogen) atoms. The SMILES string of the molecule is Cc1cccc(CSc2cc(C)nc3ccc(N)cc23)c1. The molecule has 2 N–H and O–H groups in total. The molecule has 0 aliphatic heterocycles. The maximum Gasteiger partial charge on any atom is 0.0717 e. The molecule has 0 aliphatic carbocycles. The van der Waals surface area contributed by atoms with Gasteiger partial charge in [0, 0.05) is 27.4 Å². The number of nitrogens with zero attached hydrogens (tertiary/aromatic N) is 1. The molecule has 3 aromatic rings. The lowest BCUT2D eigenvalue weighted by atomic mass is 10.2. The van der Waals surface area contributed by atoms with Crippen LogP contribution in [0.15, 0.2) is 53.4 Å². The third-order valence-corrected chi connectivity index (χ3v) is 4.53. The smallest absolute Gasteiger partial charge is 0.0717 e. The topological polar surface area (TPSA) is 38.9 Å².